The summed E-state index contributed by atoms with van der Waals surface area (Å²) in [7, 11) is 0. The molecule has 0 aliphatic heterocycles. The summed E-state index contributed by atoms with van der Waals surface area (Å²) >= 11 is 6.17. The van der Waals surface area contributed by atoms with Crippen molar-refractivity contribution in [2.45, 2.75) is 32.4 Å². The van der Waals surface area contributed by atoms with Crippen LogP contribution in [0.3, 0.4) is 0 Å². The molecule has 0 radical (unpaired) electrons. The molecular weight excluding hydrogens is 250 g/mol. The highest BCUT2D eigenvalue weighted by atomic mass is 35.5. The molecule has 1 aliphatic rings. The number of nitrogens with one attached hydrogen (secondary N) is 1. The van der Waals surface area contributed by atoms with E-state index in [0.29, 0.717) is 16.6 Å². The molecule has 0 heterocycles. The van der Waals surface area contributed by atoms with E-state index in [1.54, 1.807) is 12.1 Å². The van der Waals surface area contributed by atoms with E-state index in [9.17, 15) is 0 Å². The molecule has 0 unspecified atom stereocenters. The van der Waals surface area contributed by atoms with E-state index < -0.39 is 0 Å². The van der Waals surface area contributed by atoms with Gasteiger partial charge in [0.2, 0.25) is 0 Å². The molecule has 0 amide bonds. The van der Waals surface area contributed by atoms with Crippen molar-refractivity contribution >= 4 is 17.4 Å². The third kappa shape index (κ3) is 2.94. The molecule has 5 heteroatoms. The molecule has 0 aromatic heterocycles. The third-order valence-electron chi connectivity index (χ3n) is 3.41. The van der Waals surface area contributed by atoms with E-state index >= 15 is 0 Å². The Morgan fingerprint density at radius 1 is 1.56 bits per heavy atom. The van der Waals surface area contributed by atoms with Gasteiger partial charge >= 0.3 is 0 Å². The molecule has 1 fully saturated rings. The zero-order valence-electron chi connectivity index (χ0n) is 10.4. The van der Waals surface area contributed by atoms with E-state index in [1.165, 1.54) is 12.8 Å². The Labute approximate surface area is 112 Å². The highest BCUT2D eigenvalue weighted by Crippen LogP contribution is 2.27. The molecule has 98 valence electrons. The summed E-state index contributed by atoms with van der Waals surface area (Å²) in [6, 6.07) is 6.04. The number of hydrogen-bond acceptors (Lipinski definition) is 3. The Balaban J connectivity index is 1.97. The highest BCUT2D eigenvalue weighted by Gasteiger charge is 2.24. The first-order valence-corrected chi connectivity index (χ1v) is 6.47. The molecule has 0 spiro atoms. The van der Waals surface area contributed by atoms with E-state index in [1.807, 2.05) is 6.07 Å². The minimum Gasteiger partial charge on any atom is -0.409 e. The van der Waals surface area contributed by atoms with Gasteiger partial charge in [-0.05, 0) is 30.4 Å². The molecule has 0 bridgehead atoms. The predicted molar refractivity (Wildman–Crippen MR) is 73.0 cm³/mol. The van der Waals surface area contributed by atoms with Gasteiger partial charge in [0.15, 0.2) is 5.84 Å². The summed E-state index contributed by atoms with van der Waals surface area (Å²) in [6.07, 6.45) is 2.47. The van der Waals surface area contributed by atoms with Gasteiger partial charge in [-0.3, -0.25) is 0 Å². The molecule has 0 atom stereocenters. The van der Waals surface area contributed by atoms with Crippen LogP contribution in [0.5, 0.6) is 0 Å². The van der Waals surface area contributed by atoms with E-state index in [-0.39, 0.29) is 5.84 Å². The number of hydrogen-bond donors (Lipinski definition) is 3. The van der Waals surface area contributed by atoms with Crippen LogP contribution in [0.2, 0.25) is 5.02 Å². The Morgan fingerprint density at radius 3 is 2.83 bits per heavy atom. The van der Waals surface area contributed by atoms with Crippen molar-refractivity contribution in [3.05, 3.63) is 34.3 Å². The van der Waals surface area contributed by atoms with Crippen LogP contribution in [0.25, 0.3) is 0 Å². The minimum absolute atomic E-state index is 0.0734. The highest BCUT2D eigenvalue weighted by molar-refractivity contribution is 6.31. The van der Waals surface area contributed by atoms with Gasteiger partial charge in [-0.25, -0.2) is 0 Å². The molecule has 1 aromatic rings. The first-order chi connectivity index (χ1) is 8.60. The zero-order valence-corrected chi connectivity index (χ0v) is 11.1. The van der Waals surface area contributed by atoms with Crippen LogP contribution in [-0.4, -0.2) is 17.1 Å². The van der Waals surface area contributed by atoms with Crippen molar-refractivity contribution in [1.82, 2.24) is 5.32 Å². The Morgan fingerprint density at radius 2 is 2.28 bits per heavy atom. The fourth-order valence-corrected chi connectivity index (χ4v) is 2.48. The lowest BCUT2D eigenvalue weighted by Gasteiger charge is -2.33. The van der Waals surface area contributed by atoms with Gasteiger partial charge in [0, 0.05) is 23.2 Å². The molecule has 4 N–H and O–H groups in total. The van der Waals surface area contributed by atoms with Gasteiger partial charge in [0.05, 0.1) is 0 Å². The van der Waals surface area contributed by atoms with Gasteiger partial charge in [-0.2, -0.15) is 0 Å². The SMILES string of the molecule is CC1CC(NCc2ccc(/C(N)=N/O)cc2Cl)C1. The number of rotatable bonds is 4. The Bertz CT molecular complexity index is 456. The number of halogens is 1. The predicted octanol–water partition coefficient (Wildman–Crippen LogP) is 2.32. The van der Waals surface area contributed by atoms with Gasteiger partial charge < -0.3 is 16.3 Å². The van der Waals surface area contributed by atoms with Gasteiger partial charge in [0.1, 0.15) is 0 Å². The molecular formula is C13H18ClN3O. The van der Waals surface area contributed by atoms with Crippen molar-refractivity contribution in [1.29, 1.82) is 0 Å². The van der Waals surface area contributed by atoms with E-state index in [4.69, 9.17) is 22.5 Å². The first kappa shape index (κ1) is 13.2. The number of benzene rings is 1. The summed E-state index contributed by atoms with van der Waals surface area (Å²) < 4.78 is 0. The summed E-state index contributed by atoms with van der Waals surface area (Å²) in [5.74, 6) is 0.908. The van der Waals surface area contributed by atoms with Gasteiger partial charge in [-0.1, -0.05) is 35.8 Å². The second kappa shape index (κ2) is 5.59. The van der Waals surface area contributed by atoms with Crippen LogP contribution < -0.4 is 11.1 Å². The third-order valence-corrected chi connectivity index (χ3v) is 3.76. The Kier molecular flexibility index (Phi) is 4.09. The summed E-state index contributed by atoms with van der Waals surface area (Å²) in [4.78, 5) is 0. The average Bonchev–Trinajstić information content (AvgIpc) is 2.33. The normalized spacial score (nSPS) is 23.8. The molecule has 2 rings (SSSR count). The molecule has 4 nitrogen and oxygen atoms in total. The second-order valence-corrected chi connectivity index (χ2v) is 5.35. The molecule has 0 saturated heterocycles. The van der Waals surface area contributed by atoms with Crippen molar-refractivity contribution in [2.75, 3.05) is 0 Å². The Hall–Kier alpha value is -1.26. The maximum atomic E-state index is 8.60. The summed E-state index contributed by atoms with van der Waals surface area (Å²) in [5.41, 5.74) is 7.17. The van der Waals surface area contributed by atoms with Crippen LogP contribution >= 0.6 is 11.6 Å². The molecule has 1 aliphatic carbocycles. The van der Waals surface area contributed by atoms with Crippen molar-refractivity contribution in [2.24, 2.45) is 16.8 Å². The lowest BCUT2D eigenvalue weighted by atomic mass is 9.82. The van der Waals surface area contributed by atoms with Crippen molar-refractivity contribution in [3.63, 3.8) is 0 Å². The summed E-state index contributed by atoms with van der Waals surface area (Å²) in [5, 5.41) is 15.7. The number of amidine groups is 1. The fraction of sp³-hybridized carbons (Fsp3) is 0.462. The monoisotopic (exact) mass is 267 g/mol. The molecule has 18 heavy (non-hydrogen) atoms. The van der Waals surface area contributed by atoms with Crippen LogP contribution in [0.15, 0.2) is 23.4 Å². The van der Waals surface area contributed by atoms with Gasteiger partial charge in [-0.15, -0.1) is 0 Å². The standard InChI is InChI=1S/C13H18ClN3O/c1-8-4-11(5-8)16-7-10-3-2-9(6-12(10)14)13(15)17-18/h2-3,6,8,11,16,18H,4-5,7H2,1H3,(H2,15,17). The minimum atomic E-state index is 0.0734. The van der Waals surface area contributed by atoms with E-state index in [0.717, 1.165) is 18.0 Å². The van der Waals surface area contributed by atoms with Crippen molar-refractivity contribution < 1.29 is 5.21 Å². The van der Waals surface area contributed by atoms with Crippen LogP contribution in [0, 0.1) is 5.92 Å². The fourth-order valence-electron chi connectivity index (χ4n) is 2.23. The lowest BCUT2D eigenvalue weighted by molar-refractivity contribution is 0.240. The second-order valence-electron chi connectivity index (χ2n) is 4.95. The number of nitrogens with two attached hydrogens (primary N) is 1. The van der Waals surface area contributed by atoms with Crippen LogP contribution in [0.4, 0.5) is 0 Å². The molecule has 1 aromatic carbocycles. The zero-order chi connectivity index (χ0) is 13.1. The quantitative estimate of drug-likeness (QED) is 0.339. The first-order valence-electron chi connectivity index (χ1n) is 6.10. The number of oxime groups is 1. The van der Waals surface area contributed by atoms with Crippen LogP contribution in [-0.2, 0) is 6.54 Å². The summed E-state index contributed by atoms with van der Waals surface area (Å²) in [6.45, 7) is 3.02. The maximum absolute atomic E-state index is 8.60. The van der Waals surface area contributed by atoms with E-state index in [2.05, 4.69) is 17.4 Å². The van der Waals surface area contributed by atoms with Crippen molar-refractivity contribution in [3.8, 4) is 0 Å². The topological polar surface area (TPSA) is 70.6 Å². The lowest BCUT2D eigenvalue weighted by Crippen LogP contribution is -2.39. The number of nitrogens with zero attached hydrogens (tertiary/aromatic N) is 1. The smallest absolute Gasteiger partial charge is 0.170 e. The van der Waals surface area contributed by atoms with Gasteiger partial charge in [0.25, 0.3) is 0 Å². The largest absolute Gasteiger partial charge is 0.409 e. The maximum Gasteiger partial charge on any atom is 0.170 e. The molecule has 1 saturated carbocycles. The van der Waals surface area contributed by atoms with Crippen LogP contribution in [0.1, 0.15) is 30.9 Å². The average molecular weight is 268 g/mol.